The summed E-state index contributed by atoms with van der Waals surface area (Å²) in [4.78, 5) is 42.8. The van der Waals surface area contributed by atoms with E-state index in [1.54, 1.807) is 4.73 Å². The number of fused-ring (bicyclic) bond motifs is 2. The van der Waals surface area contributed by atoms with Crippen molar-refractivity contribution in [1.29, 1.82) is 0 Å². The van der Waals surface area contributed by atoms with Gasteiger partial charge in [-0.25, -0.2) is 4.79 Å². The molecule has 1 saturated heterocycles. The maximum Gasteiger partial charge on any atom is 0.324 e. The molecule has 2 heterocycles. The molecule has 0 bridgehead atoms. The average Bonchev–Trinajstić information content (AvgIpc) is 3.25. The Hall–Kier alpha value is -3.17. The Balaban J connectivity index is 1.65. The van der Waals surface area contributed by atoms with Gasteiger partial charge < -0.3 is 15.1 Å². The van der Waals surface area contributed by atoms with E-state index in [0.29, 0.717) is 39.1 Å². The fourth-order valence-electron chi connectivity index (χ4n) is 6.00. The molecule has 4 rings (SSSR count). The normalized spacial score (nSPS) is 21.0. The minimum Gasteiger partial charge on any atom is -0.363 e. The molecule has 38 heavy (non-hydrogen) atoms. The van der Waals surface area contributed by atoms with Crippen LogP contribution in [0.4, 0.5) is 4.79 Å². The number of rotatable bonds is 11. The van der Waals surface area contributed by atoms with E-state index in [1.807, 2.05) is 34.0 Å². The maximum atomic E-state index is 13.9. The number of hydrogen-bond donors (Lipinski definition) is 1. The van der Waals surface area contributed by atoms with Crippen molar-refractivity contribution in [2.75, 3.05) is 53.4 Å². The van der Waals surface area contributed by atoms with E-state index >= 15 is 0 Å². The monoisotopic (exact) mass is 522 g/mol. The van der Waals surface area contributed by atoms with Gasteiger partial charge in [-0.1, -0.05) is 18.2 Å². The van der Waals surface area contributed by atoms with E-state index in [-0.39, 0.29) is 29.8 Å². The number of piperidine rings is 1. The summed E-state index contributed by atoms with van der Waals surface area (Å²) in [7, 11) is 4.00. The number of likely N-dealkylation sites (tertiary alicyclic amines) is 1. The number of amides is 3. The first-order valence-electron chi connectivity index (χ1n) is 13.8. The van der Waals surface area contributed by atoms with Gasteiger partial charge in [0.1, 0.15) is 0 Å². The number of nitrogens with zero attached hydrogens (tertiary/aromatic N) is 5. The number of imide groups is 1. The van der Waals surface area contributed by atoms with Crippen LogP contribution in [0, 0.1) is 5.92 Å². The number of carbonyl (C=O) groups excluding carboxylic acids is 2. The van der Waals surface area contributed by atoms with E-state index in [1.165, 1.54) is 27.8 Å². The first kappa shape index (κ1) is 27.9. The lowest BCUT2D eigenvalue weighted by Crippen LogP contribution is -2.55. The topological polar surface area (TPSA) is 82.4 Å². The number of urea groups is 1. The highest BCUT2D eigenvalue weighted by Crippen LogP contribution is 2.45. The molecule has 1 aromatic carbocycles. The van der Waals surface area contributed by atoms with Crippen LogP contribution in [0.2, 0.25) is 0 Å². The zero-order chi connectivity index (χ0) is 27.2. The Labute approximate surface area is 226 Å². The Morgan fingerprint density at radius 3 is 2.79 bits per heavy atom. The number of aromatic nitrogens is 1. The Morgan fingerprint density at radius 1 is 1.26 bits per heavy atom. The molecule has 0 unspecified atom stereocenters. The van der Waals surface area contributed by atoms with Gasteiger partial charge in [0.05, 0.1) is 11.4 Å². The molecule has 0 radical (unpaired) electrons. The first-order valence-corrected chi connectivity index (χ1v) is 13.8. The summed E-state index contributed by atoms with van der Waals surface area (Å²) in [5.41, 5.74) is 3.50. The molecule has 0 spiro atoms. The fourth-order valence-corrected chi connectivity index (χ4v) is 6.00. The van der Waals surface area contributed by atoms with Gasteiger partial charge in [0.15, 0.2) is 0 Å². The first-order chi connectivity index (χ1) is 18.4. The van der Waals surface area contributed by atoms with Crippen LogP contribution in [-0.4, -0.2) is 97.2 Å². The van der Waals surface area contributed by atoms with Crippen molar-refractivity contribution in [2.45, 2.75) is 45.1 Å². The third-order valence-electron chi connectivity index (χ3n) is 7.62. The van der Waals surface area contributed by atoms with Crippen molar-refractivity contribution in [3.8, 4) is 0 Å². The number of benzene rings is 1. The van der Waals surface area contributed by atoms with E-state index in [9.17, 15) is 9.59 Å². The second-order valence-electron chi connectivity index (χ2n) is 10.5. The van der Waals surface area contributed by atoms with Gasteiger partial charge in [0, 0.05) is 56.3 Å². The molecule has 1 aliphatic heterocycles. The van der Waals surface area contributed by atoms with Crippen LogP contribution in [0.3, 0.4) is 0 Å². The largest absolute Gasteiger partial charge is 0.363 e. The van der Waals surface area contributed by atoms with Crippen LogP contribution in [0.25, 0.3) is 10.9 Å². The summed E-state index contributed by atoms with van der Waals surface area (Å²) >= 11 is 0. The predicted octanol–water partition coefficient (Wildman–Crippen LogP) is 3.14. The number of aliphatic imine (C=N–C) groups is 1. The summed E-state index contributed by atoms with van der Waals surface area (Å²) in [6.07, 6.45) is 7.79. The van der Waals surface area contributed by atoms with Crippen LogP contribution in [-0.2, 0) is 11.2 Å². The van der Waals surface area contributed by atoms with Crippen molar-refractivity contribution < 1.29 is 14.4 Å². The fraction of sp³-hybridized carbons (Fsp3) is 0.552. The summed E-state index contributed by atoms with van der Waals surface area (Å²) in [6, 6.07) is 6.26. The Morgan fingerprint density at radius 2 is 2.08 bits per heavy atom. The molecule has 206 valence electrons. The number of nitrogens with one attached hydrogen (secondary N) is 1. The molecule has 2 aliphatic rings. The number of carbonyl (C=O) groups is 2. The molecule has 3 atom stereocenters. The molecular formula is C29H42N6O3. The van der Waals surface area contributed by atoms with E-state index in [4.69, 9.17) is 4.84 Å². The maximum absolute atomic E-state index is 13.9. The standard InChI is InChI=1S/C29H42N6O3/c1-6-13-33-18-22(28(36)34(29(37)31-8-3)15-10-14-32(4)5)16-24-23-11-9-12-25-27(23)21(17-26(24)33)19-35(25)38-20-30-7-2/h6,9,11-12,19-20,22,24,26H,1,7-8,10,13-18H2,2-5H3,(H,31,37)/b30-20+/t22-,24-,26-/m1/s1. The second-order valence-corrected chi connectivity index (χ2v) is 10.5. The summed E-state index contributed by atoms with van der Waals surface area (Å²) in [6.45, 7) is 11.5. The average molecular weight is 523 g/mol. The SMILES string of the molecule is C=CCN1C[C@H](C(=O)N(CCCN(C)C)C(=O)NCC)C[C@@H]2c3cccc4c3c(cn4O/C=N/CC)C[C@H]21. The van der Waals surface area contributed by atoms with Gasteiger partial charge >= 0.3 is 6.03 Å². The molecule has 3 amide bonds. The predicted molar refractivity (Wildman–Crippen MR) is 152 cm³/mol. The van der Waals surface area contributed by atoms with Gasteiger partial charge in [0.25, 0.3) is 0 Å². The third-order valence-corrected chi connectivity index (χ3v) is 7.62. The summed E-state index contributed by atoms with van der Waals surface area (Å²) < 4.78 is 1.80. The van der Waals surface area contributed by atoms with E-state index in [2.05, 4.69) is 51.1 Å². The highest BCUT2D eigenvalue weighted by molar-refractivity contribution is 5.96. The van der Waals surface area contributed by atoms with Crippen LogP contribution in [0.5, 0.6) is 0 Å². The van der Waals surface area contributed by atoms with Gasteiger partial charge in [-0.05, 0) is 70.9 Å². The molecule has 1 fully saturated rings. The van der Waals surface area contributed by atoms with Crippen LogP contribution in [0.15, 0.2) is 42.0 Å². The molecule has 1 aromatic heterocycles. The van der Waals surface area contributed by atoms with Crippen LogP contribution >= 0.6 is 0 Å². The zero-order valence-electron chi connectivity index (χ0n) is 23.2. The minimum absolute atomic E-state index is 0.0862. The van der Waals surface area contributed by atoms with E-state index < -0.39 is 0 Å². The van der Waals surface area contributed by atoms with Gasteiger partial charge in [-0.2, -0.15) is 4.73 Å². The molecule has 2 aromatic rings. The summed E-state index contributed by atoms with van der Waals surface area (Å²) in [5, 5.41) is 4.05. The quantitative estimate of drug-likeness (QED) is 0.279. The van der Waals surface area contributed by atoms with Gasteiger partial charge in [0.2, 0.25) is 12.3 Å². The molecule has 0 saturated carbocycles. The molecular weight excluding hydrogens is 480 g/mol. The second kappa shape index (κ2) is 12.6. The molecule has 9 nitrogen and oxygen atoms in total. The number of hydrogen-bond acceptors (Lipinski definition) is 6. The Bertz CT molecular complexity index is 1170. The molecule has 9 heteroatoms. The van der Waals surface area contributed by atoms with Gasteiger partial charge in [-0.3, -0.25) is 19.6 Å². The van der Waals surface area contributed by atoms with E-state index in [0.717, 1.165) is 24.9 Å². The zero-order valence-corrected chi connectivity index (χ0v) is 23.2. The lowest BCUT2D eigenvalue weighted by atomic mass is 9.72. The van der Waals surface area contributed by atoms with Crippen molar-refractivity contribution in [3.05, 3.63) is 48.2 Å². The molecule has 1 N–H and O–H groups in total. The highest BCUT2D eigenvalue weighted by atomic mass is 16.7. The summed E-state index contributed by atoms with van der Waals surface area (Å²) in [5.74, 6) is -0.186. The van der Waals surface area contributed by atoms with Crippen molar-refractivity contribution >= 4 is 29.2 Å². The lowest BCUT2D eigenvalue weighted by Gasteiger charge is -2.47. The lowest BCUT2D eigenvalue weighted by molar-refractivity contribution is -0.135. The van der Waals surface area contributed by atoms with Gasteiger partial charge in [-0.15, -0.1) is 6.58 Å². The van der Waals surface area contributed by atoms with Crippen molar-refractivity contribution in [3.63, 3.8) is 0 Å². The minimum atomic E-state index is -0.301. The third kappa shape index (κ3) is 5.78. The highest BCUT2D eigenvalue weighted by Gasteiger charge is 2.44. The van der Waals surface area contributed by atoms with Crippen LogP contribution < -0.4 is 10.2 Å². The molecule has 1 aliphatic carbocycles. The van der Waals surface area contributed by atoms with Crippen molar-refractivity contribution in [2.24, 2.45) is 10.9 Å². The Kier molecular flexibility index (Phi) is 9.22. The smallest absolute Gasteiger partial charge is 0.324 e. The van der Waals surface area contributed by atoms with Crippen molar-refractivity contribution in [1.82, 2.24) is 24.7 Å². The van der Waals surface area contributed by atoms with Crippen LogP contribution in [0.1, 0.15) is 43.7 Å².